The molecule has 3 amide bonds. The topological polar surface area (TPSA) is 178 Å². The van der Waals surface area contributed by atoms with Crippen molar-refractivity contribution in [3.05, 3.63) is 36.0 Å². The summed E-state index contributed by atoms with van der Waals surface area (Å²) < 4.78 is 0. The lowest BCUT2D eigenvalue weighted by Crippen LogP contribution is -2.57. The van der Waals surface area contributed by atoms with Crippen molar-refractivity contribution in [3.63, 3.8) is 0 Å². The fraction of sp³-hybridized carbons (Fsp3) is 0.520. The Hall–Kier alpha value is -3.44. The van der Waals surface area contributed by atoms with Crippen LogP contribution in [0.5, 0.6) is 0 Å². The molecular formula is C25H35N5O6. The number of aliphatic hydroxyl groups excluding tert-OH is 1. The molecule has 196 valence electrons. The number of amides is 3. The fourth-order valence-electron chi connectivity index (χ4n) is 4.58. The highest BCUT2D eigenvalue weighted by Gasteiger charge is 2.38. The number of hydrogen-bond donors (Lipinski definition) is 6. The van der Waals surface area contributed by atoms with Gasteiger partial charge in [0.2, 0.25) is 17.7 Å². The maximum Gasteiger partial charge on any atom is 0.326 e. The van der Waals surface area contributed by atoms with Gasteiger partial charge in [-0.1, -0.05) is 32.0 Å². The van der Waals surface area contributed by atoms with Crippen LogP contribution in [-0.4, -0.2) is 81.1 Å². The van der Waals surface area contributed by atoms with Crippen molar-refractivity contribution in [1.82, 2.24) is 20.5 Å². The molecule has 11 heteroatoms. The molecule has 1 saturated heterocycles. The third kappa shape index (κ3) is 6.41. The zero-order valence-corrected chi connectivity index (χ0v) is 20.6. The van der Waals surface area contributed by atoms with E-state index < -0.39 is 48.6 Å². The Morgan fingerprint density at radius 2 is 1.89 bits per heavy atom. The number of aromatic amines is 1. The minimum absolute atomic E-state index is 0.00975. The lowest BCUT2D eigenvalue weighted by atomic mass is 10.0. The molecule has 1 aromatic heterocycles. The van der Waals surface area contributed by atoms with Crippen LogP contribution in [0, 0.1) is 5.92 Å². The summed E-state index contributed by atoms with van der Waals surface area (Å²) in [6.07, 6.45) is 3.20. The van der Waals surface area contributed by atoms with Gasteiger partial charge in [0.25, 0.3) is 0 Å². The predicted octanol–water partition coefficient (Wildman–Crippen LogP) is 0.121. The van der Waals surface area contributed by atoms with Crippen LogP contribution >= 0.6 is 0 Å². The number of para-hydroxylation sites is 1. The first-order valence-corrected chi connectivity index (χ1v) is 12.2. The maximum absolute atomic E-state index is 12.9. The zero-order chi connectivity index (χ0) is 26.4. The average Bonchev–Trinajstić information content (AvgIpc) is 3.48. The van der Waals surface area contributed by atoms with Gasteiger partial charge in [-0.25, -0.2) is 4.79 Å². The second kappa shape index (κ2) is 12.0. The molecule has 4 unspecified atom stereocenters. The average molecular weight is 502 g/mol. The normalized spacial score (nSPS) is 18.1. The Morgan fingerprint density at radius 1 is 1.17 bits per heavy atom. The van der Waals surface area contributed by atoms with Gasteiger partial charge < -0.3 is 36.5 Å². The number of rotatable bonds is 11. The van der Waals surface area contributed by atoms with Gasteiger partial charge in [-0.05, 0) is 36.8 Å². The van der Waals surface area contributed by atoms with Gasteiger partial charge >= 0.3 is 5.97 Å². The first-order chi connectivity index (χ1) is 17.1. The van der Waals surface area contributed by atoms with Gasteiger partial charge in [0, 0.05) is 30.1 Å². The van der Waals surface area contributed by atoms with Crippen molar-refractivity contribution < 1.29 is 29.4 Å². The Balaban J connectivity index is 1.64. The highest BCUT2D eigenvalue weighted by Crippen LogP contribution is 2.21. The number of nitrogens with one attached hydrogen (secondary N) is 3. The van der Waals surface area contributed by atoms with Crippen LogP contribution in [0.15, 0.2) is 30.5 Å². The van der Waals surface area contributed by atoms with Crippen LogP contribution in [0.3, 0.4) is 0 Å². The molecule has 1 fully saturated rings. The third-order valence-corrected chi connectivity index (χ3v) is 6.41. The van der Waals surface area contributed by atoms with E-state index in [1.165, 1.54) is 4.90 Å². The van der Waals surface area contributed by atoms with Gasteiger partial charge in [0.1, 0.15) is 18.1 Å². The standard InChI is InChI=1S/C25H35N5O6/c1-14(2)10-17(26)24(34)30-9-5-8-21(30)23(33)29-20(13-31)22(32)28-19(25(35)36)11-15-12-27-18-7-4-3-6-16(15)18/h3-4,6-7,12,14,17,19-21,27,31H,5,8-11,13,26H2,1-2H3,(H,28,32)(H,29,33)(H,35,36). The van der Waals surface area contributed by atoms with Gasteiger partial charge in [-0.15, -0.1) is 0 Å². The third-order valence-electron chi connectivity index (χ3n) is 6.41. The molecule has 36 heavy (non-hydrogen) atoms. The predicted molar refractivity (Wildman–Crippen MR) is 133 cm³/mol. The lowest BCUT2D eigenvalue weighted by Gasteiger charge is -2.28. The van der Waals surface area contributed by atoms with Gasteiger partial charge in [-0.2, -0.15) is 0 Å². The van der Waals surface area contributed by atoms with Crippen molar-refractivity contribution in [2.45, 2.75) is 63.7 Å². The van der Waals surface area contributed by atoms with E-state index in [1.807, 2.05) is 38.1 Å². The summed E-state index contributed by atoms with van der Waals surface area (Å²) >= 11 is 0. The number of aliphatic carboxylic acids is 1. The van der Waals surface area contributed by atoms with Crippen LogP contribution in [-0.2, 0) is 25.6 Å². The van der Waals surface area contributed by atoms with Gasteiger partial charge in [0.15, 0.2) is 0 Å². The highest BCUT2D eigenvalue weighted by atomic mass is 16.4. The smallest absolute Gasteiger partial charge is 0.326 e. The minimum atomic E-state index is -1.37. The molecule has 1 aromatic carbocycles. The largest absolute Gasteiger partial charge is 0.480 e. The Kier molecular flexibility index (Phi) is 9.05. The monoisotopic (exact) mass is 501 g/mol. The van der Waals surface area contributed by atoms with Crippen molar-refractivity contribution in [2.75, 3.05) is 13.2 Å². The SMILES string of the molecule is CC(C)CC(N)C(=O)N1CCCC1C(=O)NC(CO)C(=O)NC(Cc1c[nH]c2ccccc12)C(=O)O. The molecule has 7 N–H and O–H groups in total. The number of benzene rings is 1. The molecule has 0 spiro atoms. The molecule has 1 aliphatic heterocycles. The van der Waals surface area contributed by atoms with E-state index in [-0.39, 0.29) is 18.2 Å². The summed E-state index contributed by atoms with van der Waals surface area (Å²) in [7, 11) is 0. The van der Waals surface area contributed by atoms with Crippen molar-refractivity contribution >= 4 is 34.6 Å². The number of likely N-dealkylation sites (tertiary alicyclic amines) is 1. The van der Waals surface area contributed by atoms with E-state index in [4.69, 9.17) is 5.73 Å². The molecule has 0 aliphatic carbocycles. The number of nitrogens with two attached hydrogens (primary N) is 1. The number of H-pyrrole nitrogens is 1. The van der Waals surface area contributed by atoms with E-state index in [2.05, 4.69) is 15.6 Å². The molecule has 2 heterocycles. The summed E-state index contributed by atoms with van der Waals surface area (Å²) in [6, 6.07) is 3.21. The van der Waals surface area contributed by atoms with E-state index >= 15 is 0 Å². The molecule has 0 saturated carbocycles. The Bertz CT molecular complexity index is 1100. The van der Waals surface area contributed by atoms with E-state index in [0.717, 1.165) is 10.9 Å². The van der Waals surface area contributed by atoms with E-state index in [0.29, 0.717) is 31.4 Å². The quantitative estimate of drug-likeness (QED) is 0.253. The van der Waals surface area contributed by atoms with Crippen LogP contribution < -0.4 is 16.4 Å². The second-order valence-electron chi connectivity index (χ2n) is 9.63. The summed E-state index contributed by atoms with van der Waals surface area (Å²) in [6.45, 7) is 3.55. The first-order valence-electron chi connectivity index (χ1n) is 12.2. The Labute approximate surface area is 209 Å². The minimum Gasteiger partial charge on any atom is -0.480 e. The number of carbonyl (C=O) groups excluding carboxylic acids is 3. The zero-order valence-electron chi connectivity index (χ0n) is 20.6. The molecule has 0 bridgehead atoms. The molecule has 11 nitrogen and oxygen atoms in total. The lowest BCUT2D eigenvalue weighted by molar-refractivity contribution is -0.143. The Morgan fingerprint density at radius 3 is 2.56 bits per heavy atom. The van der Waals surface area contributed by atoms with Crippen molar-refractivity contribution in [1.29, 1.82) is 0 Å². The number of carbonyl (C=O) groups is 4. The van der Waals surface area contributed by atoms with Crippen molar-refractivity contribution in [3.8, 4) is 0 Å². The second-order valence-corrected chi connectivity index (χ2v) is 9.63. The first kappa shape index (κ1) is 27.2. The van der Waals surface area contributed by atoms with Crippen LogP contribution in [0.2, 0.25) is 0 Å². The fourth-order valence-corrected chi connectivity index (χ4v) is 4.58. The summed E-state index contributed by atoms with van der Waals surface area (Å²) in [4.78, 5) is 54.9. The molecule has 4 atom stereocenters. The number of carboxylic acid groups (broad SMARTS) is 1. The summed E-state index contributed by atoms with van der Waals surface area (Å²) in [5.41, 5.74) is 7.57. The molecular weight excluding hydrogens is 466 g/mol. The van der Waals surface area contributed by atoms with Crippen LogP contribution in [0.25, 0.3) is 10.9 Å². The maximum atomic E-state index is 12.9. The summed E-state index contributed by atoms with van der Waals surface area (Å²) in [5.74, 6) is -2.77. The van der Waals surface area contributed by atoms with Crippen molar-refractivity contribution in [2.24, 2.45) is 11.7 Å². The van der Waals surface area contributed by atoms with E-state index in [1.54, 1.807) is 6.20 Å². The number of aliphatic hydroxyl groups is 1. The highest BCUT2D eigenvalue weighted by molar-refractivity contribution is 5.94. The molecule has 3 rings (SSSR count). The number of aromatic nitrogens is 1. The van der Waals surface area contributed by atoms with E-state index in [9.17, 15) is 29.4 Å². The number of carboxylic acids is 1. The number of fused-ring (bicyclic) bond motifs is 1. The van der Waals surface area contributed by atoms with Crippen LogP contribution in [0.1, 0.15) is 38.7 Å². The molecule has 1 aliphatic rings. The van der Waals surface area contributed by atoms with Gasteiger partial charge in [-0.3, -0.25) is 14.4 Å². The molecule has 0 radical (unpaired) electrons. The summed E-state index contributed by atoms with van der Waals surface area (Å²) in [5, 5.41) is 25.2. The van der Waals surface area contributed by atoms with Gasteiger partial charge in [0.05, 0.1) is 12.6 Å². The number of hydrogen-bond acceptors (Lipinski definition) is 6. The molecule has 2 aromatic rings. The van der Waals surface area contributed by atoms with Crippen LogP contribution in [0.4, 0.5) is 0 Å². The number of nitrogens with zero attached hydrogens (tertiary/aromatic N) is 1.